The second kappa shape index (κ2) is 5.83. The zero-order valence-electron chi connectivity index (χ0n) is 8.68. The monoisotopic (exact) mass is 243 g/mol. The Balaban J connectivity index is 1.67. The molecule has 0 aromatic carbocycles. The molecule has 2 N–H and O–H groups in total. The summed E-state index contributed by atoms with van der Waals surface area (Å²) in [5.41, 5.74) is 0. The van der Waals surface area contributed by atoms with Crippen LogP contribution in [0.1, 0.15) is 12.8 Å². The molecule has 7 nitrogen and oxygen atoms in total. The lowest BCUT2D eigenvalue weighted by molar-refractivity contribution is -0.123. The summed E-state index contributed by atoms with van der Waals surface area (Å²) in [5, 5.41) is 13.2. The lowest BCUT2D eigenvalue weighted by Gasteiger charge is -2.22. The maximum Gasteiger partial charge on any atom is 0.252 e. The van der Waals surface area contributed by atoms with Crippen molar-refractivity contribution in [1.29, 1.82) is 0 Å². The van der Waals surface area contributed by atoms with E-state index in [1.54, 1.807) is 0 Å². The number of amides is 1. The number of aromatic nitrogens is 3. The highest BCUT2D eigenvalue weighted by molar-refractivity contribution is 7.09. The Bertz CT molecular complexity index is 325. The Morgan fingerprint density at radius 2 is 2.38 bits per heavy atom. The second-order valence-electron chi connectivity index (χ2n) is 3.48. The fraction of sp³-hybridized carbons (Fsp3) is 0.750. The van der Waals surface area contributed by atoms with E-state index in [0.717, 1.165) is 37.5 Å². The molecule has 1 aliphatic rings. The molecule has 1 saturated heterocycles. The van der Waals surface area contributed by atoms with E-state index in [2.05, 4.69) is 25.4 Å². The van der Waals surface area contributed by atoms with E-state index in [9.17, 15) is 4.79 Å². The molecular weight excluding hydrogens is 230 g/mol. The molecule has 1 fully saturated rings. The van der Waals surface area contributed by atoms with Crippen LogP contribution in [0.3, 0.4) is 0 Å². The minimum absolute atomic E-state index is 0.0598. The topological polar surface area (TPSA) is 89.0 Å². The van der Waals surface area contributed by atoms with Gasteiger partial charge in [-0.3, -0.25) is 10.1 Å². The van der Waals surface area contributed by atoms with Crippen molar-refractivity contribution in [1.82, 2.24) is 20.1 Å². The van der Waals surface area contributed by atoms with Gasteiger partial charge in [-0.1, -0.05) is 9.59 Å². The number of hydrogen-bond acceptors (Lipinski definition) is 7. The summed E-state index contributed by atoms with van der Waals surface area (Å²) < 4.78 is 9.02. The molecule has 0 radical (unpaired) electrons. The summed E-state index contributed by atoms with van der Waals surface area (Å²) >= 11 is 1.04. The molecule has 0 saturated carbocycles. The molecule has 1 aliphatic heterocycles. The predicted octanol–water partition coefficient (Wildman–Crippen LogP) is -0.360. The second-order valence-corrected chi connectivity index (χ2v) is 4.21. The minimum atomic E-state index is -0.211. The highest BCUT2D eigenvalue weighted by atomic mass is 32.1. The molecule has 1 aromatic rings. The SMILES string of the molecule is O=C(COC1CCNCC1)Nc1nnns1. The van der Waals surface area contributed by atoms with Crippen molar-refractivity contribution in [2.75, 3.05) is 25.0 Å². The molecule has 2 rings (SSSR count). The lowest BCUT2D eigenvalue weighted by atomic mass is 10.1. The molecular formula is C8H13N5O2S. The van der Waals surface area contributed by atoms with E-state index >= 15 is 0 Å². The normalized spacial score (nSPS) is 17.2. The van der Waals surface area contributed by atoms with Crippen LogP contribution >= 0.6 is 11.5 Å². The standard InChI is InChI=1S/C8H13N5O2S/c14-7(10-8-11-12-13-16-8)5-15-6-1-3-9-4-2-6/h6,9H,1-5H2,(H,10,11,13,14). The quantitative estimate of drug-likeness (QED) is 0.750. The van der Waals surface area contributed by atoms with Crippen molar-refractivity contribution in [2.45, 2.75) is 18.9 Å². The van der Waals surface area contributed by atoms with Gasteiger partial charge in [-0.05, 0) is 31.1 Å². The number of rotatable bonds is 4. The number of hydrogen-bond donors (Lipinski definition) is 2. The Labute approximate surface area is 96.7 Å². The number of carbonyl (C=O) groups is 1. The maximum atomic E-state index is 11.4. The van der Waals surface area contributed by atoms with E-state index in [1.807, 2.05) is 0 Å². The van der Waals surface area contributed by atoms with Crippen LogP contribution in [-0.4, -0.2) is 46.5 Å². The summed E-state index contributed by atoms with van der Waals surface area (Å²) in [6, 6.07) is 0. The molecule has 1 aromatic heterocycles. The van der Waals surface area contributed by atoms with Gasteiger partial charge in [0, 0.05) is 11.5 Å². The lowest BCUT2D eigenvalue weighted by Crippen LogP contribution is -2.34. The van der Waals surface area contributed by atoms with E-state index in [-0.39, 0.29) is 18.6 Å². The molecule has 1 amide bonds. The van der Waals surface area contributed by atoms with Crippen LogP contribution in [0.15, 0.2) is 0 Å². The van der Waals surface area contributed by atoms with Crippen LogP contribution in [0.2, 0.25) is 0 Å². The number of piperidine rings is 1. The van der Waals surface area contributed by atoms with Crippen LogP contribution in [-0.2, 0) is 9.53 Å². The van der Waals surface area contributed by atoms with Crippen molar-refractivity contribution >= 4 is 22.6 Å². The van der Waals surface area contributed by atoms with Crippen LogP contribution < -0.4 is 10.6 Å². The van der Waals surface area contributed by atoms with Gasteiger partial charge in [-0.2, -0.15) is 0 Å². The van der Waals surface area contributed by atoms with Gasteiger partial charge < -0.3 is 10.1 Å². The predicted molar refractivity (Wildman–Crippen MR) is 58.2 cm³/mol. The molecule has 0 atom stereocenters. The zero-order valence-corrected chi connectivity index (χ0v) is 9.50. The zero-order chi connectivity index (χ0) is 11.2. The largest absolute Gasteiger partial charge is 0.368 e. The first-order chi connectivity index (χ1) is 7.84. The maximum absolute atomic E-state index is 11.4. The summed E-state index contributed by atoms with van der Waals surface area (Å²) in [5.74, 6) is -0.211. The molecule has 0 bridgehead atoms. The van der Waals surface area contributed by atoms with Crippen LogP contribution in [0.5, 0.6) is 0 Å². The number of carbonyl (C=O) groups excluding carboxylic acids is 1. The fourth-order valence-corrected chi connectivity index (χ4v) is 1.88. The van der Waals surface area contributed by atoms with Crippen LogP contribution in [0, 0.1) is 0 Å². The highest BCUT2D eigenvalue weighted by Crippen LogP contribution is 2.08. The van der Waals surface area contributed by atoms with Crippen molar-refractivity contribution in [3.05, 3.63) is 0 Å². The fourth-order valence-electron chi connectivity index (χ4n) is 1.49. The Morgan fingerprint density at radius 1 is 1.56 bits per heavy atom. The molecule has 16 heavy (non-hydrogen) atoms. The summed E-state index contributed by atoms with van der Waals surface area (Å²) in [6.07, 6.45) is 2.08. The van der Waals surface area contributed by atoms with Gasteiger partial charge in [0.05, 0.1) is 6.10 Å². The molecule has 88 valence electrons. The van der Waals surface area contributed by atoms with Gasteiger partial charge in [0.2, 0.25) is 5.13 Å². The van der Waals surface area contributed by atoms with Gasteiger partial charge in [0.25, 0.3) is 5.91 Å². The highest BCUT2D eigenvalue weighted by Gasteiger charge is 2.15. The Kier molecular flexibility index (Phi) is 4.14. The molecule has 2 heterocycles. The van der Waals surface area contributed by atoms with Gasteiger partial charge in [0.1, 0.15) is 6.61 Å². The van der Waals surface area contributed by atoms with E-state index in [1.165, 1.54) is 0 Å². The summed E-state index contributed by atoms with van der Waals surface area (Å²) in [7, 11) is 0. The molecule has 0 spiro atoms. The van der Waals surface area contributed by atoms with Crippen LogP contribution in [0.25, 0.3) is 0 Å². The summed E-state index contributed by atoms with van der Waals surface area (Å²) in [4.78, 5) is 11.4. The number of anilines is 1. The first-order valence-corrected chi connectivity index (χ1v) is 5.89. The third-order valence-corrected chi connectivity index (χ3v) is 2.79. The number of nitrogens with zero attached hydrogens (tertiary/aromatic N) is 3. The van der Waals surface area contributed by atoms with Crippen molar-refractivity contribution < 1.29 is 9.53 Å². The first-order valence-electron chi connectivity index (χ1n) is 5.12. The van der Waals surface area contributed by atoms with Gasteiger partial charge in [-0.25, -0.2) is 0 Å². The van der Waals surface area contributed by atoms with Crippen molar-refractivity contribution in [3.63, 3.8) is 0 Å². The third kappa shape index (κ3) is 3.47. The van der Waals surface area contributed by atoms with Gasteiger partial charge >= 0.3 is 0 Å². The Morgan fingerprint density at radius 3 is 3.06 bits per heavy atom. The summed E-state index contributed by atoms with van der Waals surface area (Å²) in [6.45, 7) is 1.96. The Hall–Kier alpha value is -1.12. The first kappa shape index (κ1) is 11.4. The van der Waals surface area contributed by atoms with E-state index in [0.29, 0.717) is 5.13 Å². The van der Waals surface area contributed by atoms with Gasteiger partial charge in [0.15, 0.2) is 0 Å². The average Bonchev–Trinajstić information content (AvgIpc) is 2.81. The van der Waals surface area contributed by atoms with Crippen molar-refractivity contribution in [2.24, 2.45) is 0 Å². The van der Waals surface area contributed by atoms with Crippen LogP contribution in [0.4, 0.5) is 5.13 Å². The van der Waals surface area contributed by atoms with E-state index in [4.69, 9.17) is 4.74 Å². The van der Waals surface area contributed by atoms with E-state index < -0.39 is 0 Å². The number of nitrogens with one attached hydrogen (secondary N) is 2. The van der Waals surface area contributed by atoms with Gasteiger partial charge in [-0.15, -0.1) is 0 Å². The van der Waals surface area contributed by atoms with Crippen molar-refractivity contribution in [3.8, 4) is 0 Å². The molecule has 0 unspecified atom stereocenters. The average molecular weight is 243 g/mol. The smallest absolute Gasteiger partial charge is 0.252 e. The molecule has 8 heteroatoms. The molecule has 0 aliphatic carbocycles. The third-order valence-electron chi connectivity index (χ3n) is 2.28. The minimum Gasteiger partial charge on any atom is -0.368 e. The number of ether oxygens (including phenoxy) is 1.